The van der Waals surface area contributed by atoms with Gasteiger partial charge in [-0.15, -0.1) is 0 Å². The molecule has 0 radical (unpaired) electrons. The summed E-state index contributed by atoms with van der Waals surface area (Å²) in [5, 5.41) is 23.7. The first-order valence-electron chi connectivity index (χ1n) is 6.75. The van der Waals surface area contributed by atoms with E-state index in [0.717, 1.165) is 25.7 Å². The van der Waals surface area contributed by atoms with Crippen LogP contribution in [0.1, 0.15) is 32.6 Å². The van der Waals surface area contributed by atoms with Crippen LogP contribution in [0.2, 0.25) is 0 Å². The molecular formula is C13H20N4O3. The summed E-state index contributed by atoms with van der Waals surface area (Å²) < 4.78 is 0. The van der Waals surface area contributed by atoms with Gasteiger partial charge in [0, 0.05) is 0 Å². The summed E-state index contributed by atoms with van der Waals surface area (Å²) in [4.78, 5) is 14.4. The Kier molecular flexibility index (Phi) is 4.08. The summed E-state index contributed by atoms with van der Waals surface area (Å²) in [5.74, 6) is 1.08. The number of pyridine rings is 1. The highest BCUT2D eigenvalue weighted by Crippen LogP contribution is 2.34. The van der Waals surface area contributed by atoms with E-state index < -0.39 is 10.5 Å². The predicted molar refractivity (Wildman–Crippen MR) is 76.4 cm³/mol. The zero-order valence-corrected chi connectivity index (χ0v) is 11.5. The van der Waals surface area contributed by atoms with Gasteiger partial charge in [-0.3, -0.25) is 10.1 Å². The van der Waals surface area contributed by atoms with E-state index in [1.54, 1.807) is 0 Å². The molecule has 110 valence electrons. The molecule has 1 aromatic heterocycles. The van der Waals surface area contributed by atoms with Crippen molar-refractivity contribution in [1.82, 2.24) is 4.98 Å². The molecule has 1 aromatic rings. The monoisotopic (exact) mass is 280 g/mol. The van der Waals surface area contributed by atoms with Gasteiger partial charge >= 0.3 is 0 Å². The Labute approximate surface area is 117 Å². The zero-order chi connectivity index (χ0) is 14.8. The third-order valence-corrected chi connectivity index (χ3v) is 3.97. The maximum Gasteiger partial charge on any atom is 0.276 e. The lowest BCUT2D eigenvalue weighted by Gasteiger charge is -2.39. The molecule has 0 aromatic carbocycles. The average Bonchev–Trinajstić information content (AvgIpc) is 2.41. The summed E-state index contributed by atoms with van der Waals surface area (Å²) in [5.41, 5.74) is 5.03. The molecule has 20 heavy (non-hydrogen) atoms. The smallest absolute Gasteiger partial charge is 0.276 e. The van der Waals surface area contributed by atoms with Gasteiger partial charge in [-0.25, -0.2) is 4.98 Å². The number of rotatable bonds is 4. The van der Waals surface area contributed by atoms with Gasteiger partial charge in [-0.2, -0.15) is 0 Å². The van der Waals surface area contributed by atoms with Crippen molar-refractivity contribution < 1.29 is 10.0 Å². The van der Waals surface area contributed by atoms with E-state index >= 15 is 0 Å². The fourth-order valence-corrected chi connectivity index (χ4v) is 2.62. The van der Waals surface area contributed by atoms with Crippen molar-refractivity contribution in [3.05, 3.63) is 22.2 Å². The fourth-order valence-electron chi connectivity index (χ4n) is 2.62. The zero-order valence-electron chi connectivity index (χ0n) is 11.5. The SMILES string of the molecule is CC1CCC(CO)(Nc2cc([N+](=O)[O-])cc(N)n2)CC1. The van der Waals surface area contributed by atoms with Crippen LogP contribution in [0.4, 0.5) is 17.3 Å². The van der Waals surface area contributed by atoms with Gasteiger partial charge in [0.25, 0.3) is 5.69 Å². The third-order valence-electron chi connectivity index (χ3n) is 3.97. The first kappa shape index (κ1) is 14.5. The van der Waals surface area contributed by atoms with Crippen molar-refractivity contribution in [2.75, 3.05) is 17.7 Å². The van der Waals surface area contributed by atoms with Crippen LogP contribution in [0.5, 0.6) is 0 Å². The highest BCUT2D eigenvalue weighted by atomic mass is 16.6. The second-order valence-corrected chi connectivity index (χ2v) is 5.64. The van der Waals surface area contributed by atoms with Crippen LogP contribution in [-0.2, 0) is 0 Å². The third kappa shape index (κ3) is 3.16. The molecule has 0 unspecified atom stereocenters. The number of nitro groups is 1. The second kappa shape index (κ2) is 5.62. The van der Waals surface area contributed by atoms with Gasteiger partial charge in [0.05, 0.1) is 29.2 Å². The van der Waals surface area contributed by atoms with Gasteiger partial charge in [0.2, 0.25) is 0 Å². The van der Waals surface area contributed by atoms with Crippen molar-refractivity contribution >= 4 is 17.3 Å². The number of nitrogen functional groups attached to an aromatic ring is 1. The Balaban J connectivity index is 2.21. The second-order valence-electron chi connectivity index (χ2n) is 5.64. The molecule has 0 aliphatic heterocycles. The molecular weight excluding hydrogens is 260 g/mol. The number of nitrogens with two attached hydrogens (primary N) is 1. The molecule has 0 amide bonds. The first-order valence-corrected chi connectivity index (χ1v) is 6.75. The molecule has 1 saturated carbocycles. The van der Waals surface area contributed by atoms with Crippen molar-refractivity contribution in [1.29, 1.82) is 0 Å². The lowest BCUT2D eigenvalue weighted by atomic mass is 9.77. The normalized spacial score (nSPS) is 26.2. The Morgan fingerprint density at radius 2 is 2.20 bits per heavy atom. The quantitative estimate of drug-likeness (QED) is 0.573. The lowest BCUT2D eigenvalue weighted by Crippen LogP contribution is -2.45. The van der Waals surface area contributed by atoms with Gasteiger partial charge in [-0.1, -0.05) is 6.92 Å². The number of nitrogens with zero attached hydrogens (tertiary/aromatic N) is 2. The van der Waals surface area contributed by atoms with E-state index in [1.807, 2.05) is 0 Å². The van der Waals surface area contributed by atoms with Gasteiger partial charge in [0.1, 0.15) is 11.6 Å². The maximum atomic E-state index is 10.8. The minimum Gasteiger partial charge on any atom is -0.394 e. The molecule has 1 fully saturated rings. The summed E-state index contributed by atoms with van der Waals surface area (Å²) in [6.07, 6.45) is 3.65. The van der Waals surface area contributed by atoms with Gasteiger partial charge in [-0.05, 0) is 31.6 Å². The van der Waals surface area contributed by atoms with Crippen molar-refractivity contribution in [3.63, 3.8) is 0 Å². The Morgan fingerprint density at radius 3 is 2.75 bits per heavy atom. The van der Waals surface area contributed by atoms with E-state index in [-0.39, 0.29) is 18.1 Å². The molecule has 4 N–H and O–H groups in total. The van der Waals surface area contributed by atoms with E-state index in [9.17, 15) is 15.2 Å². The topological polar surface area (TPSA) is 114 Å². The molecule has 1 aliphatic rings. The number of nitrogens with one attached hydrogen (secondary N) is 1. The number of aromatic nitrogens is 1. The van der Waals surface area contributed by atoms with Crippen LogP contribution in [-0.4, -0.2) is 27.2 Å². The summed E-state index contributed by atoms with van der Waals surface area (Å²) >= 11 is 0. The first-order chi connectivity index (χ1) is 9.44. The van der Waals surface area contributed by atoms with E-state index in [0.29, 0.717) is 11.7 Å². The number of hydrogen-bond donors (Lipinski definition) is 3. The van der Waals surface area contributed by atoms with Gasteiger partial charge < -0.3 is 16.2 Å². The number of aliphatic hydroxyl groups excluding tert-OH is 1. The molecule has 1 heterocycles. The van der Waals surface area contributed by atoms with E-state index in [4.69, 9.17) is 5.73 Å². The predicted octanol–water partition coefficient (Wildman–Crippen LogP) is 1.93. The molecule has 1 aliphatic carbocycles. The summed E-state index contributed by atoms with van der Waals surface area (Å²) in [7, 11) is 0. The van der Waals surface area contributed by atoms with Crippen LogP contribution in [0.25, 0.3) is 0 Å². The highest BCUT2D eigenvalue weighted by Gasteiger charge is 2.34. The number of aliphatic hydroxyl groups is 1. The van der Waals surface area contributed by atoms with Crippen LogP contribution >= 0.6 is 0 Å². The number of anilines is 2. The van der Waals surface area contributed by atoms with Crippen molar-refractivity contribution in [2.45, 2.75) is 38.1 Å². The average molecular weight is 280 g/mol. The lowest BCUT2D eigenvalue weighted by molar-refractivity contribution is -0.384. The van der Waals surface area contributed by atoms with E-state index in [2.05, 4.69) is 17.2 Å². The molecule has 0 saturated heterocycles. The van der Waals surface area contributed by atoms with Crippen molar-refractivity contribution in [2.24, 2.45) is 5.92 Å². The summed E-state index contributed by atoms with van der Waals surface area (Å²) in [6, 6.07) is 2.57. The van der Waals surface area contributed by atoms with Crippen LogP contribution in [0.15, 0.2) is 12.1 Å². The standard InChI is InChI=1S/C13H20N4O3/c1-9-2-4-13(8-18,5-3-9)16-12-7-10(17(19)20)6-11(14)15-12/h6-7,9,18H,2-5,8H2,1H3,(H3,14,15,16). The molecule has 7 heteroatoms. The van der Waals surface area contributed by atoms with Crippen LogP contribution in [0.3, 0.4) is 0 Å². The Bertz CT molecular complexity index is 498. The fraction of sp³-hybridized carbons (Fsp3) is 0.615. The number of hydrogen-bond acceptors (Lipinski definition) is 6. The van der Waals surface area contributed by atoms with Crippen LogP contribution < -0.4 is 11.1 Å². The molecule has 0 bridgehead atoms. The molecule has 7 nitrogen and oxygen atoms in total. The molecule has 2 rings (SSSR count). The highest BCUT2D eigenvalue weighted by molar-refractivity contribution is 5.53. The minimum atomic E-state index is -0.502. The molecule has 0 spiro atoms. The largest absolute Gasteiger partial charge is 0.394 e. The summed E-state index contributed by atoms with van der Waals surface area (Å²) in [6.45, 7) is 2.16. The Hall–Kier alpha value is -1.89. The van der Waals surface area contributed by atoms with Crippen LogP contribution in [0, 0.1) is 16.0 Å². The maximum absolute atomic E-state index is 10.8. The Morgan fingerprint density at radius 1 is 1.55 bits per heavy atom. The minimum absolute atomic E-state index is 0.0238. The molecule has 0 atom stereocenters. The van der Waals surface area contributed by atoms with E-state index in [1.165, 1.54) is 12.1 Å². The van der Waals surface area contributed by atoms with Gasteiger partial charge in [0.15, 0.2) is 0 Å². The van der Waals surface area contributed by atoms with Crippen molar-refractivity contribution in [3.8, 4) is 0 Å².